The third-order valence-corrected chi connectivity index (χ3v) is 4.42. The zero-order valence-corrected chi connectivity index (χ0v) is 16.8. The Morgan fingerprint density at radius 3 is 2.79 bits per heavy atom. The lowest BCUT2D eigenvalue weighted by atomic mass is 10.2. The molecule has 0 spiro atoms. The summed E-state index contributed by atoms with van der Waals surface area (Å²) in [7, 11) is 0. The van der Waals surface area contributed by atoms with E-state index in [1.807, 2.05) is 0 Å². The lowest BCUT2D eigenvalue weighted by Crippen LogP contribution is -2.33. The number of nitrogens with zero attached hydrogens (tertiary/aromatic N) is 3. The fraction of sp³-hybridized carbons (Fsp3) is 0.158. The second-order valence-electron chi connectivity index (χ2n) is 5.67. The smallest absolute Gasteiger partial charge is 0.346 e. The van der Waals surface area contributed by atoms with Crippen LogP contribution in [-0.4, -0.2) is 35.1 Å². The maximum Gasteiger partial charge on any atom is 0.346 e. The number of hydrogen-bond donors (Lipinski definition) is 1. The van der Waals surface area contributed by atoms with E-state index in [0.29, 0.717) is 26.5 Å². The Bertz CT molecular complexity index is 1130. The SMILES string of the molecule is CCOC(=O)COn1c(N/N=C/c2ccc(Cl)c(Cl)c2)nc2ccccc2c1=O. The number of halogens is 2. The maximum absolute atomic E-state index is 12.8. The molecule has 150 valence electrons. The van der Waals surface area contributed by atoms with E-state index in [9.17, 15) is 9.59 Å². The number of carbonyl (C=O) groups is 1. The van der Waals surface area contributed by atoms with Crippen molar-refractivity contribution in [3.63, 3.8) is 0 Å². The van der Waals surface area contributed by atoms with Crippen LogP contribution in [0.15, 0.2) is 52.4 Å². The Balaban J connectivity index is 1.90. The largest absolute Gasteiger partial charge is 0.463 e. The highest BCUT2D eigenvalue weighted by Crippen LogP contribution is 2.21. The molecule has 0 amide bonds. The van der Waals surface area contributed by atoms with Crippen LogP contribution < -0.4 is 15.8 Å². The van der Waals surface area contributed by atoms with Crippen molar-refractivity contribution >= 4 is 52.2 Å². The van der Waals surface area contributed by atoms with Crippen molar-refractivity contribution in [2.75, 3.05) is 18.6 Å². The lowest BCUT2D eigenvalue weighted by molar-refractivity contribution is -0.148. The standard InChI is InChI=1S/C19H16Cl2N4O4/c1-2-28-17(26)11-29-25-18(27)13-5-3-4-6-16(13)23-19(25)24-22-10-12-7-8-14(20)15(21)9-12/h3-10H,2,11H2,1H3,(H,23,24)/b22-10+. The van der Waals surface area contributed by atoms with Crippen LogP contribution in [0.2, 0.25) is 10.0 Å². The van der Waals surface area contributed by atoms with Gasteiger partial charge in [0.05, 0.1) is 33.8 Å². The molecule has 10 heteroatoms. The topological polar surface area (TPSA) is 94.8 Å². The Morgan fingerprint density at radius 2 is 2.03 bits per heavy atom. The maximum atomic E-state index is 12.8. The van der Waals surface area contributed by atoms with Gasteiger partial charge in [0.2, 0.25) is 6.61 Å². The van der Waals surface area contributed by atoms with Gasteiger partial charge in [0.25, 0.3) is 11.5 Å². The lowest BCUT2D eigenvalue weighted by Gasteiger charge is -2.12. The molecule has 8 nitrogen and oxygen atoms in total. The summed E-state index contributed by atoms with van der Waals surface area (Å²) in [4.78, 5) is 34.0. The van der Waals surface area contributed by atoms with Gasteiger partial charge in [-0.1, -0.05) is 41.4 Å². The minimum absolute atomic E-state index is 0.00527. The minimum atomic E-state index is -0.613. The van der Waals surface area contributed by atoms with E-state index in [1.165, 1.54) is 6.21 Å². The predicted octanol–water partition coefficient (Wildman–Crippen LogP) is 3.14. The summed E-state index contributed by atoms with van der Waals surface area (Å²) in [5.74, 6) is -0.618. The zero-order valence-electron chi connectivity index (χ0n) is 15.3. The number of nitrogens with one attached hydrogen (secondary N) is 1. The van der Waals surface area contributed by atoms with Crippen molar-refractivity contribution in [3.8, 4) is 0 Å². The van der Waals surface area contributed by atoms with Gasteiger partial charge in [-0.3, -0.25) is 4.79 Å². The monoisotopic (exact) mass is 434 g/mol. The van der Waals surface area contributed by atoms with Crippen LogP contribution in [0.4, 0.5) is 5.95 Å². The van der Waals surface area contributed by atoms with E-state index in [2.05, 4.69) is 15.5 Å². The second-order valence-corrected chi connectivity index (χ2v) is 6.49. The molecule has 0 radical (unpaired) electrons. The van der Waals surface area contributed by atoms with Crippen LogP contribution in [0.25, 0.3) is 10.9 Å². The molecule has 0 unspecified atom stereocenters. The molecule has 1 heterocycles. The highest BCUT2D eigenvalue weighted by molar-refractivity contribution is 6.42. The first kappa shape index (κ1) is 20.6. The predicted molar refractivity (Wildman–Crippen MR) is 112 cm³/mol. The number of aromatic nitrogens is 2. The number of esters is 1. The highest BCUT2D eigenvalue weighted by Gasteiger charge is 2.13. The number of hydrazone groups is 1. The average molecular weight is 435 g/mol. The van der Waals surface area contributed by atoms with Crippen molar-refractivity contribution in [1.29, 1.82) is 0 Å². The Kier molecular flexibility index (Phi) is 6.69. The quantitative estimate of drug-likeness (QED) is 0.348. The molecule has 0 saturated carbocycles. The Morgan fingerprint density at radius 1 is 1.24 bits per heavy atom. The van der Waals surface area contributed by atoms with Crippen molar-refractivity contribution in [2.24, 2.45) is 5.10 Å². The molecule has 3 rings (SSSR count). The normalized spacial score (nSPS) is 11.0. The number of carbonyl (C=O) groups excluding carboxylic acids is 1. The van der Waals surface area contributed by atoms with Crippen molar-refractivity contribution in [2.45, 2.75) is 6.92 Å². The Hall–Kier alpha value is -3.10. The molecule has 3 aromatic rings. The van der Waals surface area contributed by atoms with Gasteiger partial charge in [0.15, 0.2) is 0 Å². The first-order chi connectivity index (χ1) is 14.0. The van der Waals surface area contributed by atoms with Gasteiger partial charge in [-0.2, -0.15) is 5.10 Å². The van der Waals surface area contributed by atoms with Gasteiger partial charge in [-0.15, -0.1) is 4.73 Å². The minimum Gasteiger partial charge on any atom is -0.463 e. The third-order valence-electron chi connectivity index (χ3n) is 3.68. The Labute approximate surface area is 175 Å². The molecule has 0 aliphatic rings. The molecule has 0 saturated heterocycles. The van der Waals surface area contributed by atoms with Crippen LogP contribution in [0.1, 0.15) is 12.5 Å². The first-order valence-electron chi connectivity index (χ1n) is 8.54. The van der Waals surface area contributed by atoms with E-state index < -0.39 is 18.1 Å². The number of benzene rings is 2. The van der Waals surface area contributed by atoms with Gasteiger partial charge >= 0.3 is 5.97 Å². The third kappa shape index (κ3) is 5.04. The molecule has 0 bridgehead atoms. The molecule has 0 atom stereocenters. The van der Waals surface area contributed by atoms with Crippen molar-refractivity contribution in [3.05, 3.63) is 68.4 Å². The van der Waals surface area contributed by atoms with E-state index in [-0.39, 0.29) is 12.6 Å². The van der Waals surface area contributed by atoms with Gasteiger partial charge < -0.3 is 9.57 Å². The number of fused-ring (bicyclic) bond motifs is 1. The van der Waals surface area contributed by atoms with Crippen molar-refractivity contribution in [1.82, 2.24) is 9.71 Å². The van der Waals surface area contributed by atoms with E-state index in [4.69, 9.17) is 32.8 Å². The summed E-state index contributed by atoms with van der Waals surface area (Å²) in [6.45, 7) is 1.41. The molecule has 0 fully saturated rings. The van der Waals surface area contributed by atoms with Crippen LogP contribution in [-0.2, 0) is 9.53 Å². The van der Waals surface area contributed by atoms with E-state index >= 15 is 0 Å². The summed E-state index contributed by atoms with van der Waals surface area (Å²) in [5.41, 5.74) is 3.28. The van der Waals surface area contributed by atoms with Crippen LogP contribution >= 0.6 is 23.2 Å². The average Bonchev–Trinajstić information content (AvgIpc) is 2.70. The molecule has 1 aromatic heterocycles. The number of rotatable bonds is 7. The van der Waals surface area contributed by atoms with Crippen LogP contribution in [0, 0.1) is 0 Å². The number of para-hydroxylation sites is 1. The number of ether oxygens (including phenoxy) is 1. The highest BCUT2D eigenvalue weighted by atomic mass is 35.5. The molecule has 2 aromatic carbocycles. The summed E-state index contributed by atoms with van der Waals surface area (Å²) < 4.78 is 5.68. The van der Waals surface area contributed by atoms with E-state index in [1.54, 1.807) is 49.4 Å². The zero-order chi connectivity index (χ0) is 20.8. The molecular formula is C19H16Cl2N4O4. The van der Waals surface area contributed by atoms with Gasteiger partial charge in [0, 0.05) is 0 Å². The number of anilines is 1. The van der Waals surface area contributed by atoms with Crippen LogP contribution in [0.3, 0.4) is 0 Å². The summed E-state index contributed by atoms with van der Waals surface area (Å²) in [6.07, 6.45) is 1.47. The summed E-state index contributed by atoms with van der Waals surface area (Å²) in [6, 6.07) is 11.7. The second kappa shape index (κ2) is 9.40. The fourth-order valence-corrected chi connectivity index (χ4v) is 2.69. The molecule has 1 N–H and O–H groups in total. The van der Waals surface area contributed by atoms with Gasteiger partial charge in [-0.05, 0) is 36.8 Å². The van der Waals surface area contributed by atoms with Gasteiger partial charge in [-0.25, -0.2) is 15.2 Å². The molecule has 0 aliphatic heterocycles. The fourth-order valence-electron chi connectivity index (χ4n) is 2.38. The van der Waals surface area contributed by atoms with Gasteiger partial charge in [0.1, 0.15) is 0 Å². The van der Waals surface area contributed by atoms with E-state index in [0.717, 1.165) is 4.73 Å². The molecule has 29 heavy (non-hydrogen) atoms. The van der Waals surface area contributed by atoms with Crippen LogP contribution in [0.5, 0.6) is 0 Å². The molecular weight excluding hydrogens is 419 g/mol. The summed E-state index contributed by atoms with van der Waals surface area (Å²) >= 11 is 11.9. The first-order valence-corrected chi connectivity index (χ1v) is 9.30. The molecule has 0 aliphatic carbocycles. The number of hydrogen-bond acceptors (Lipinski definition) is 7. The van der Waals surface area contributed by atoms with Crippen molar-refractivity contribution < 1.29 is 14.4 Å². The summed E-state index contributed by atoms with van der Waals surface area (Å²) in [5, 5.41) is 5.20.